The van der Waals surface area contributed by atoms with E-state index < -0.39 is 0 Å². The third-order valence-corrected chi connectivity index (χ3v) is 3.28. The van der Waals surface area contributed by atoms with E-state index in [4.69, 9.17) is 0 Å². The predicted molar refractivity (Wildman–Crippen MR) is 65.5 cm³/mol. The number of amides is 1. The molecule has 1 amide bonds. The van der Waals surface area contributed by atoms with E-state index in [1.54, 1.807) is 6.20 Å². The Bertz CT molecular complexity index is 349. The van der Waals surface area contributed by atoms with Crippen LogP contribution in [0.2, 0.25) is 0 Å². The van der Waals surface area contributed by atoms with Crippen LogP contribution in [0.25, 0.3) is 0 Å². The number of nitrogens with one attached hydrogen (secondary N) is 1. The topological polar surface area (TPSA) is 50.2 Å². The van der Waals surface area contributed by atoms with E-state index in [-0.39, 0.29) is 11.9 Å². The standard InChI is InChI=1S/C12H20N4O/c1-13-11-4-2-7-16(12(11)17)8-3-6-15-9-5-14-10-15/h5,9-11,13H,2-4,6-8H2,1H3. The summed E-state index contributed by atoms with van der Waals surface area (Å²) in [5.41, 5.74) is 0. The Kier molecular flexibility index (Phi) is 4.14. The first-order chi connectivity index (χ1) is 8.31. The molecule has 0 aromatic carbocycles. The second-order valence-electron chi connectivity index (χ2n) is 4.46. The Morgan fingerprint density at radius 3 is 3.12 bits per heavy atom. The van der Waals surface area contributed by atoms with Crippen LogP contribution in [-0.2, 0) is 11.3 Å². The summed E-state index contributed by atoms with van der Waals surface area (Å²) >= 11 is 0. The highest BCUT2D eigenvalue weighted by Crippen LogP contribution is 2.11. The van der Waals surface area contributed by atoms with Gasteiger partial charge in [-0.1, -0.05) is 0 Å². The van der Waals surface area contributed by atoms with Crippen LogP contribution in [0.15, 0.2) is 18.7 Å². The van der Waals surface area contributed by atoms with E-state index in [0.29, 0.717) is 0 Å². The molecule has 2 heterocycles. The van der Waals surface area contributed by atoms with Gasteiger partial charge in [-0.05, 0) is 26.3 Å². The SMILES string of the molecule is CNC1CCCN(CCCn2ccnc2)C1=O. The van der Waals surface area contributed by atoms with E-state index >= 15 is 0 Å². The molecule has 17 heavy (non-hydrogen) atoms. The molecule has 0 aliphatic carbocycles. The Balaban J connectivity index is 1.76. The lowest BCUT2D eigenvalue weighted by Gasteiger charge is -2.32. The first kappa shape index (κ1) is 12.1. The molecule has 1 fully saturated rings. The van der Waals surface area contributed by atoms with Crippen LogP contribution in [0.5, 0.6) is 0 Å². The summed E-state index contributed by atoms with van der Waals surface area (Å²) < 4.78 is 2.05. The fourth-order valence-corrected chi connectivity index (χ4v) is 2.29. The third-order valence-electron chi connectivity index (χ3n) is 3.28. The highest BCUT2D eigenvalue weighted by molar-refractivity contribution is 5.82. The highest BCUT2D eigenvalue weighted by Gasteiger charge is 2.26. The summed E-state index contributed by atoms with van der Waals surface area (Å²) in [6, 6.07) is 0.0250. The number of imidazole rings is 1. The van der Waals surface area contributed by atoms with Gasteiger partial charge in [0.1, 0.15) is 0 Å². The number of aryl methyl sites for hydroxylation is 1. The van der Waals surface area contributed by atoms with Crippen LogP contribution in [0.3, 0.4) is 0 Å². The van der Waals surface area contributed by atoms with Crippen molar-refractivity contribution in [3.8, 4) is 0 Å². The normalized spacial score (nSPS) is 20.9. The molecule has 1 aliphatic rings. The number of hydrogen-bond acceptors (Lipinski definition) is 3. The van der Waals surface area contributed by atoms with Gasteiger partial charge in [0.2, 0.25) is 5.91 Å². The Labute approximate surface area is 102 Å². The minimum absolute atomic E-state index is 0.0250. The molecule has 1 aromatic heterocycles. The summed E-state index contributed by atoms with van der Waals surface area (Å²) in [6.07, 6.45) is 8.60. The van der Waals surface area contributed by atoms with Gasteiger partial charge in [0, 0.05) is 32.0 Å². The summed E-state index contributed by atoms with van der Waals surface area (Å²) in [5.74, 6) is 0.254. The van der Waals surface area contributed by atoms with Gasteiger partial charge < -0.3 is 14.8 Å². The number of aromatic nitrogens is 2. The number of likely N-dealkylation sites (tertiary alicyclic amines) is 1. The van der Waals surface area contributed by atoms with Crippen molar-refractivity contribution in [3.05, 3.63) is 18.7 Å². The zero-order chi connectivity index (χ0) is 12.1. The van der Waals surface area contributed by atoms with Crippen LogP contribution in [0, 0.1) is 0 Å². The first-order valence-electron chi connectivity index (χ1n) is 6.23. The van der Waals surface area contributed by atoms with E-state index in [1.165, 1.54) is 0 Å². The number of nitrogens with zero attached hydrogens (tertiary/aromatic N) is 3. The van der Waals surface area contributed by atoms with Crippen molar-refractivity contribution in [1.82, 2.24) is 19.8 Å². The van der Waals surface area contributed by atoms with Crippen molar-refractivity contribution >= 4 is 5.91 Å². The molecule has 5 heteroatoms. The van der Waals surface area contributed by atoms with Crippen LogP contribution in [0.1, 0.15) is 19.3 Å². The number of rotatable bonds is 5. The molecule has 1 saturated heterocycles. The number of carbonyl (C=O) groups excluding carboxylic acids is 1. The Morgan fingerprint density at radius 1 is 1.53 bits per heavy atom. The van der Waals surface area contributed by atoms with Crippen molar-refractivity contribution in [2.45, 2.75) is 31.8 Å². The maximum atomic E-state index is 12.0. The average molecular weight is 236 g/mol. The quantitative estimate of drug-likeness (QED) is 0.809. The molecule has 1 N–H and O–H groups in total. The molecule has 1 atom stereocenters. The van der Waals surface area contributed by atoms with Gasteiger partial charge in [-0.2, -0.15) is 0 Å². The lowest BCUT2D eigenvalue weighted by atomic mass is 10.0. The molecule has 2 rings (SSSR count). The third kappa shape index (κ3) is 3.06. The highest BCUT2D eigenvalue weighted by atomic mass is 16.2. The van der Waals surface area contributed by atoms with Gasteiger partial charge in [-0.3, -0.25) is 4.79 Å². The summed E-state index contributed by atoms with van der Waals surface area (Å²) in [4.78, 5) is 18.0. The molecule has 94 valence electrons. The Hall–Kier alpha value is -1.36. The van der Waals surface area contributed by atoms with Crippen molar-refractivity contribution in [1.29, 1.82) is 0 Å². The summed E-state index contributed by atoms with van der Waals surface area (Å²) in [6.45, 7) is 2.67. The molecular formula is C12H20N4O. The lowest BCUT2D eigenvalue weighted by molar-refractivity contribution is -0.135. The maximum absolute atomic E-state index is 12.0. The minimum Gasteiger partial charge on any atom is -0.341 e. The average Bonchev–Trinajstić information content (AvgIpc) is 2.84. The first-order valence-corrected chi connectivity index (χ1v) is 6.23. The maximum Gasteiger partial charge on any atom is 0.239 e. The van der Waals surface area contributed by atoms with E-state index in [9.17, 15) is 4.79 Å². The number of hydrogen-bond donors (Lipinski definition) is 1. The smallest absolute Gasteiger partial charge is 0.239 e. The minimum atomic E-state index is 0.0250. The molecule has 0 bridgehead atoms. The van der Waals surface area contributed by atoms with Crippen molar-refractivity contribution < 1.29 is 4.79 Å². The van der Waals surface area contributed by atoms with E-state index in [2.05, 4.69) is 10.3 Å². The second kappa shape index (κ2) is 5.82. The van der Waals surface area contributed by atoms with Gasteiger partial charge in [-0.25, -0.2) is 4.98 Å². The molecule has 1 aliphatic heterocycles. The predicted octanol–water partition coefficient (Wildman–Crippen LogP) is 0.484. The van der Waals surface area contributed by atoms with E-state index in [0.717, 1.165) is 38.9 Å². The molecular weight excluding hydrogens is 216 g/mol. The monoisotopic (exact) mass is 236 g/mol. The summed E-state index contributed by atoms with van der Waals surface area (Å²) in [7, 11) is 1.86. The van der Waals surface area contributed by atoms with Crippen LogP contribution in [0.4, 0.5) is 0 Å². The van der Waals surface area contributed by atoms with Gasteiger partial charge in [0.15, 0.2) is 0 Å². The number of piperidine rings is 1. The number of carbonyl (C=O) groups is 1. The van der Waals surface area contributed by atoms with Crippen molar-refractivity contribution in [2.75, 3.05) is 20.1 Å². The van der Waals surface area contributed by atoms with Gasteiger partial charge in [0.05, 0.1) is 12.4 Å². The van der Waals surface area contributed by atoms with E-state index in [1.807, 2.05) is 29.0 Å². The molecule has 0 spiro atoms. The molecule has 5 nitrogen and oxygen atoms in total. The fourth-order valence-electron chi connectivity index (χ4n) is 2.29. The lowest BCUT2D eigenvalue weighted by Crippen LogP contribution is -2.49. The van der Waals surface area contributed by atoms with Crippen LogP contribution in [-0.4, -0.2) is 46.5 Å². The zero-order valence-corrected chi connectivity index (χ0v) is 10.3. The largest absolute Gasteiger partial charge is 0.341 e. The van der Waals surface area contributed by atoms with Gasteiger partial charge >= 0.3 is 0 Å². The molecule has 0 radical (unpaired) electrons. The van der Waals surface area contributed by atoms with Gasteiger partial charge in [-0.15, -0.1) is 0 Å². The molecule has 1 unspecified atom stereocenters. The number of likely N-dealkylation sites (N-methyl/N-ethyl adjacent to an activating group) is 1. The molecule has 1 aromatic rings. The van der Waals surface area contributed by atoms with Crippen molar-refractivity contribution in [2.24, 2.45) is 0 Å². The summed E-state index contributed by atoms with van der Waals surface area (Å²) in [5, 5.41) is 3.08. The second-order valence-corrected chi connectivity index (χ2v) is 4.46. The van der Waals surface area contributed by atoms with Crippen LogP contribution >= 0.6 is 0 Å². The Morgan fingerprint density at radius 2 is 2.41 bits per heavy atom. The fraction of sp³-hybridized carbons (Fsp3) is 0.667. The zero-order valence-electron chi connectivity index (χ0n) is 10.3. The van der Waals surface area contributed by atoms with Gasteiger partial charge in [0.25, 0.3) is 0 Å². The van der Waals surface area contributed by atoms with Crippen LogP contribution < -0.4 is 5.32 Å². The molecule has 0 saturated carbocycles. The van der Waals surface area contributed by atoms with Crippen molar-refractivity contribution in [3.63, 3.8) is 0 Å².